The maximum Gasteiger partial charge on any atom is 0.200 e. The first-order valence-corrected chi connectivity index (χ1v) is 5.44. The summed E-state index contributed by atoms with van der Waals surface area (Å²) in [5, 5.41) is 1.57. The van der Waals surface area contributed by atoms with E-state index in [0.717, 1.165) is 0 Å². The highest BCUT2D eigenvalue weighted by Gasteiger charge is 2.07. The van der Waals surface area contributed by atoms with Gasteiger partial charge < -0.3 is 10.2 Å². The maximum absolute atomic E-state index is 12.2. The van der Waals surface area contributed by atoms with Crippen molar-refractivity contribution in [1.82, 2.24) is 0 Å². The average molecular weight is 246 g/mol. The van der Waals surface area contributed by atoms with E-state index in [9.17, 15) is 4.79 Å². The minimum Gasteiger partial charge on any atom is -0.456 e. The van der Waals surface area contributed by atoms with E-state index in [4.69, 9.17) is 21.8 Å². The lowest BCUT2D eigenvalue weighted by atomic mass is 10.1. The topological polar surface area (TPSA) is 56.2 Å². The van der Waals surface area contributed by atoms with Crippen molar-refractivity contribution in [2.75, 3.05) is 5.73 Å². The van der Waals surface area contributed by atoms with E-state index in [-0.39, 0.29) is 5.43 Å². The summed E-state index contributed by atoms with van der Waals surface area (Å²) in [5.41, 5.74) is 7.10. The van der Waals surface area contributed by atoms with Gasteiger partial charge in [0.1, 0.15) is 11.2 Å². The fourth-order valence-corrected chi connectivity index (χ4v) is 2.00. The highest BCUT2D eigenvalue weighted by atomic mass is 35.5. The smallest absolute Gasteiger partial charge is 0.200 e. The van der Waals surface area contributed by atoms with Crippen molar-refractivity contribution in [2.45, 2.75) is 0 Å². The number of halogens is 1. The van der Waals surface area contributed by atoms with Crippen molar-refractivity contribution >= 4 is 39.2 Å². The number of anilines is 1. The minimum atomic E-state index is -0.0714. The van der Waals surface area contributed by atoms with Crippen molar-refractivity contribution in [3.8, 4) is 0 Å². The fraction of sp³-hybridized carbons (Fsp3) is 0. The monoisotopic (exact) mass is 245 g/mol. The van der Waals surface area contributed by atoms with Crippen molar-refractivity contribution < 1.29 is 4.42 Å². The predicted molar refractivity (Wildman–Crippen MR) is 69.4 cm³/mol. The molecule has 0 bridgehead atoms. The first kappa shape index (κ1) is 10.2. The van der Waals surface area contributed by atoms with Crippen LogP contribution in [-0.2, 0) is 0 Å². The average Bonchev–Trinajstić information content (AvgIpc) is 2.28. The zero-order valence-electron chi connectivity index (χ0n) is 8.74. The minimum absolute atomic E-state index is 0.0714. The first-order valence-electron chi connectivity index (χ1n) is 5.07. The van der Waals surface area contributed by atoms with Gasteiger partial charge in [-0.3, -0.25) is 4.79 Å². The van der Waals surface area contributed by atoms with E-state index in [1.807, 2.05) is 0 Å². The summed E-state index contributed by atoms with van der Waals surface area (Å²) in [6.45, 7) is 0. The highest BCUT2D eigenvalue weighted by molar-refractivity contribution is 6.31. The maximum atomic E-state index is 12.2. The number of hydrogen-bond donors (Lipinski definition) is 1. The third-order valence-electron chi connectivity index (χ3n) is 2.66. The van der Waals surface area contributed by atoms with Gasteiger partial charge in [-0.15, -0.1) is 0 Å². The molecule has 0 amide bonds. The quantitative estimate of drug-likeness (QED) is 0.489. The second kappa shape index (κ2) is 3.50. The summed E-state index contributed by atoms with van der Waals surface area (Å²) < 4.78 is 5.62. The standard InChI is InChI=1S/C13H8ClNO2/c14-7-1-3-9-11(5-7)17-12-6-8(15)2-4-10(12)13(9)16/h1-6H,15H2. The number of nitrogen functional groups attached to an aromatic ring is 1. The Bertz CT molecular complexity index is 729. The molecule has 3 aromatic rings. The Hall–Kier alpha value is -2.00. The van der Waals surface area contributed by atoms with Crippen LogP contribution in [0.5, 0.6) is 0 Å². The predicted octanol–water partition coefficient (Wildman–Crippen LogP) is 3.18. The van der Waals surface area contributed by atoms with Crippen molar-refractivity contribution in [2.24, 2.45) is 0 Å². The second-order valence-electron chi connectivity index (χ2n) is 3.83. The molecular formula is C13H8ClNO2. The molecule has 2 N–H and O–H groups in total. The summed E-state index contributed by atoms with van der Waals surface area (Å²) in [6.07, 6.45) is 0. The second-order valence-corrected chi connectivity index (χ2v) is 4.26. The third kappa shape index (κ3) is 1.56. The Kier molecular flexibility index (Phi) is 2.09. The summed E-state index contributed by atoms with van der Waals surface area (Å²) in [4.78, 5) is 12.2. The van der Waals surface area contributed by atoms with Gasteiger partial charge in [-0.25, -0.2) is 0 Å². The molecule has 0 aliphatic heterocycles. The number of nitrogens with two attached hydrogens (primary N) is 1. The molecule has 0 aliphatic rings. The molecule has 84 valence electrons. The summed E-state index contributed by atoms with van der Waals surface area (Å²) >= 11 is 5.87. The molecule has 0 unspecified atom stereocenters. The van der Waals surface area contributed by atoms with Gasteiger partial charge in [0.05, 0.1) is 10.8 Å². The number of benzene rings is 2. The van der Waals surface area contributed by atoms with Crippen LogP contribution in [0.1, 0.15) is 0 Å². The van der Waals surface area contributed by atoms with Gasteiger partial charge in [0.25, 0.3) is 0 Å². The summed E-state index contributed by atoms with van der Waals surface area (Å²) in [7, 11) is 0. The van der Waals surface area contributed by atoms with E-state index < -0.39 is 0 Å². The normalized spacial score (nSPS) is 11.1. The van der Waals surface area contributed by atoms with Gasteiger partial charge in [0, 0.05) is 22.8 Å². The van der Waals surface area contributed by atoms with Gasteiger partial charge in [-0.1, -0.05) is 11.6 Å². The molecule has 1 heterocycles. The lowest BCUT2D eigenvalue weighted by molar-refractivity contribution is 0.660. The fourth-order valence-electron chi connectivity index (χ4n) is 1.84. The first-order chi connectivity index (χ1) is 8.15. The van der Waals surface area contributed by atoms with Crippen LogP contribution in [0.15, 0.2) is 45.6 Å². The van der Waals surface area contributed by atoms with Gasteiger partial charge >= 0.3 is 0 Å². The van der Waals surface area contributed by atoms with Crippen LogP contribution in [0.4, 0.5) is 5.69 Å². The molecule has 2 aromatic carbocycles. The highest BCUT2D eigenvalue weighted by Crippen LogP contribution is 2.22. The Labute approximate surface area is 101 Å². The van der Waals surface area contributed by atoms with Crippen LogP contribution in [0.25, 0.3) is 21.9 Å². The van der Waals surface area contributed by atoms with Crippen LogP contribution >= 0.6 is 11.6 Å². The Morgan fingerprint density at radius 3 is 2.41 bits per heavy atom. The largest absolute Gasteiger partial charge is 0.456 e. The van der Waals surface area contributed by atoms with E-state index in [0.29, 0.717) is 32.6 Å². The van der Waals surface area contributed by atoms with E-state index in [1.165, 1.54) is 0 Å². The molecule has 0 aliphatic carbocycles. The zero-order valence-corrected chi connectivity index (χ0v) is 9.49. The Morgan fingerprint density at radius 1 is 1.00 bits per heavy atom. The van der Waals surface area contributed by atoms with Crippen LogP contribution in [0.3, 0.4) is 0 Å². The number of rotatable bonds is 0. The van der Waals surface area contributed by atoms with Crippen LogP contribution in [0.2, 0.25) is 5.02 Å². The summed E-state index contributed by atoms with van der Waals surface area (Å²) in [6, 6.07) is 9.95. The molecule has 3 nitrogen and oxygen atoms in total. The van der Waals surface area contributed by atoms with Gasteiger partial charge in [0.15, 0.2) is 0 Å². The zero-order chi connectivity index (χ0) is 12.0. The molecule has 0 fully saturated rings. The molecule has 0 atom stereocenters. The molecule has 0 saturated carbocycles. The van der Waals surface area contributed by atoms with E-state index in [2.05, 4.69) is 0 Å². The van der Waals surface area contributed by atoms with Crippen molar-refractivity contribution in [1.29, 1.82) is 0 Å². The van der Waals surface area contributed by atoms with Crippen molar-refractivity contribution in [3.05, 3.63) is 51.6 Å². The van der Waals surface area contributed by atoms with E-state index in [1.54, 1.807) is 36.4 Å². The number of fused-ring (bicyclic) bond motifs is 2. The molecule has 0 saturated heterocycles. The molecule has 4 heteroatoms. The van der Waals surface area contributed by atoms with Crippen LogP contribution < -0.4 is 11.2 Å². The SMILES string of the molecule is Nc1ccc2c(=O)c3ccc(Cl)cc3oc2c1. The summed E-state index contributed by atoms with van der Waals surface area (Å²) in [5.74, 6) is 0. The third-order valence-corrected chi connectivity index (χ3v) is 2.89. The lowest BCUT2D eigenvalue weighted by Gasteiger charge is -2.02. The van der Waals surface area contributed by atoms with Gasteiger partial charge in [-0.05, 0) is 24.3 Å². The lowest BCUT2D eigenvalue weighted by Crippen LogP contribution is -2.02. The van der Waals surface area contributed by atoms with Gasteiger partial charge in [0.2, 0.25) is 5.43 Å². The van der Waals surface area contributed by atoms with E-state index >= 15 is 0 Å². The van der Waals surface area contributed by atoms with Crippen LogP contribution in [0, 0.1) is 0 Å². The molecule has 0 spiro atoms. The van der Waals surface area contributed by atoms with Crippen LogP contribution in [-0.4, -0.2) is 0 Å². The molecule has 1 aromatic heterocycles. The molecular weight excluding hydrogens is 238 g/mol. The van der Waals surface area contributed by atoms with Gasteiger partial charge in [-0.2, -0.15) is 0 Å². The Morgan fingerprint density at radius 2 is 1.65 bits per heavy atom. The Balaban J connectivity index is 2.57. The molecule has 3 rings (SSSR count). The molecule has 17 heavy (non-hydrogen) atoms. The number of hydrogen-bond acceptors (Lipinski definition) is 3. The van der Waals surface area contributed by atoms with Crippen molar-refractivity contribution in [3.63, 3.8) is 0 Å². The molecule has 0 radical (unpaired) electrons.